The number of alkyl halides is 1. The third kappa shape index (κ3) is 23.4. The Labute approximate surface area is 166 Å². The summed E-state index contributed by atoms with van der Waals surface area (Å²) in [5, 5.41) is 0. The second kappa shape index (κ2) is 23.5. The fraction of sp³-hybridized carbons (Fsp3) is 0.941. The fourth-order valence-corrected chi connectivity index (χ4v) is 1.70. The van der Waals surface area contributed by atoms with Crippen LogP contribution in [-0.4, -0.2) is 111 Å². The summed E-state index contributed by atoms with van der Waals surface area (Å²) >= 11 is 5.47. The Balaban J connectivity index is 3.00. The number of carbonyl (C=O) groups excluding carboxylic acids is 1. The second-order valence-electron chi connectivity index (χ2n) is 4.99. The summed E-state index contributed by atoms with van der Waals surface area (Å²) in [6, 6.07) is 0. The predicted molar refractivity (Wildman–Crippen MR) is 98.5 cm³/mol. The third-order valence-corrected chi connectivity index (χ3v) is 3.06. The van der Waals surface area contributed by atoms with Crippen LogP contribution in [0.2, 0.25) is 0 Å². The lowest BCUT2D eigenvalue weighted by molar-refractivity contribution is -0.146. The maximum absolute atomic E-state index is 10.8. The van der Waals surface area contributed by atoms with Crippen LogP contribution in [0.3, 0.4) is 0 Å². The van der Waals surface area contributed by atoms with E-state index in [2.05, 4.69) is 4.74 Å². The minimum Gasteiger partial charge on any atom is -0.467 e. The van der Waals surface area contributed by atoms with Gasteiger partial charge in [0.1, 0.15) is 6.61 Å². The summed E-state index contributed by atoms with van der Waals surface area (Å²) in [5.41, 5.74) is 0. The second-order valence-corrected chi connectivity index (χ2v) is 5.37. The minimum absolute atomic E-state index is 0.0611. The Morgan fingerprint density at radius 2 is 0.852 bits per heavy atom. The summed E-state index contributed by atoms with van der Waals surface area (Å²) in [5.74, 6) is 0.0953. The summed E-state index contributed by atoms with van der Waals surface area (Å²) in [6.45, 7) is 6.31. The van der Waals surface area contributed by atoms with Gasteiger partial charge in [0.15, 0.2) is 0 Å². The molecule has 0 amide bonds. The highest BCUT2D eigenvalue weighted by Crippen LogP contribution is 1.86. The average molecular weight is 417 g/mol. The van der Waals surface area contributed by atoms with Gasteiger partial charge in [-0.3, -0.25) is 0 Å². The van der Waals surface area contributed by atoms with E-state index in [4.69, 9.17) is 44.8 Å². The van der Waals surface area contributed by atoms with E-state index in [-0.39, 0.29) is 6.61 Å². The first kappa shape index (κ1) is 26.5. The Bertz CT molecular complexity index is 308. The highest BCUT2D eigenvalue weighted by molar-refractivity contribution is 6.17. The molecule has 0 saturated carbocycles. The molecule has 0 aliphatic carbocycles. The number of hydrogen-bond donors (Lipinski definition) is 0. The van der Waals surface area contributed by atoms with Crippen molar-refractivity contribution in [3.63, 3.8) is 0 Å². The van der Waals surface area contributed by atoms with E-state index in [0.29, 0.717) is 91.8 Å². The van der Waals surface area contributed by atoms with Crippen molar-refractivity contribution >= 4 is 17.6 Å². The van der Waals surface area contributed by atoms with Gasteiger partial charge in [-0.25, -0.2) is 4.79 Å². The molecule has 0 aliphatic rings. The van der Waals surface area contributed by atoms with Crippen LogP contribution in [0, 0.1) is 0 Å². The lowest BCUT2D eigenvalue weighted by Gasteiger charge is -2.08. The van der Waals surface area contributed by atoms with Crippen LogP contribution in [0.4, 0.5) is 0 Å². The van der Waals surface area contributed by atoms with Crippen LogP contribution in [0.25, 0.3) is 0 Å². The van der Waals surface area contributed by atoms with Crippen molar-refractivity contribution in [2.75, 3.05) is 105 Å². The van der Waals surface area contributed by atoms with Crippen LogP contribution in [0.5, 0.6) is 0 Å². The predicted octanol–water partition coefficient (Wildman–Crippen LogP) is 0.514. The van der Waals surface area contributed by atoms with Crippen molar-refractivity contribution in [2.24, 2.45) is 0 Å². The van der Waals surface area contributed by atoms with Gasteiger partial charge in [-0.2, -0.15) is 0 Å². The fourth-order valence-electron chi connectivity index (χ4n) is 1.59. The van der Waals surface area contributed by atoms with E-state index in [1.807, 2.05) is 0 Å². The van der Waals surface area contributed by atoms with E-state index in [1.165, 1.54) is 7.11 Å². The van der Waals surface area contributed by atoms with E-state index < -0.39 is 5.97 Å². The quantitative estimate of drug-likeness (QED) is 0.142. The number of hydrogen-bond acceptors (Lipinski definition) is 9. The lowest BCUT2D eigenvalue weighted by Crippen LogP contribution is -2.15. The van der Waals surface area contributed by atoms with E-state index >= 15 is 0 Å². The molecular weight excluding hydrogens is 384 g/mol. The van der Waals surface area contributed by atoms with Crippen molar-refractivity contribution in [3.8, 4) is 0 Å². The zero-order valence-electron chi connectivity index (χ0n) is 16.2. The first-order valence-corrected chi connectivity index (χ1v) is 9.51. The molecule has 0 unspecified atom stereocenters. The molecular formula is C17H33ClO9. The van der Waals surface area contributed by atoms with Gasteiger partial charge in [0.25, 0.3) is 0 Å². The number of halogens is 1. The minimum atomic E-state index is -0.402. The van der Waals surface area contributed by atoms with Crippen LogP contribution in [0.1, 0.15) is 0 Å². The zero-order chi connectivity index (χ0) is 19.8. The molecule has 0 heterocycles. The molecule has 0 aromatic carbocycles. The SMILES string of the molecule is COC(=O)COCCOCCOCCOCCOCCOCCOCCCl. The topological polar surface area (TPSA) is 90.9 Å². The summed E-state index contributed by atoms with van der Waals surface area (Å²) in [7, 11) is 1.32. The maximum Gasteiger partial charge on any atom is 0.331 e. The standard InChI is InChI=1S/C17H33ClO9/c1-20-17(19)16-27-15-14-26-13-12-25-11-10-24-9-8-23-7-6-22-5-4-21-3-2-18/h2-16H2,1H3. The molecule has 0 rings (SSSR count). The number of carbonyl (C=O) groups is 1. The summed E-state index contributed by atoms with van der Waals surface area (Å²) in [6.07, 6.45) is 0. The van der Waals surface area contributed by atoms with E-state index in [9.17, 15) is 4.79 Å². The van der Waals surface area contributed by atoms with Crippen LogP contribution >= 0.6 is 11.6 Å². The molecule has 0 fully saturated rings. The van der Waals surface area contributed by atoms with Gasteiger partial charge in [-0.1, -0.05) is 0 Å². The van der Waals surface area contributed by atoms with Gasteiger partial charge in [0.05, 0.1) is 93.0 Å². The number of methoxy groups -OCH3 is 1. The molecule has 0 atom stereocenters. The summed E-state index contributed by atoms with van der Waals surface area (Å²) in [4.78, 5) is 10.8. The van der Waals surface area contributed by atoms with Crippen molar-refractivity contribution in [1.82, 2.24) is 0 Å². The average Bonchev–Trinajstić information content (AvgIpc) is 2.68. The lowest BCUT2D eigenvalue weighted by atomic mass is 10.6. The van der Waals surface area contributed by atoms with Crippen molar-refractivity contribution < 1.29 is 42.7 Å². The van der Waals surface area contributed by atoms with Gasteiger partial charge in [-0.05, 0) is 0 Å². The molecule has 0 aliphatic heterocycles. The largest absolute Gasteiger partial charge is 0.467 e. The van der Waals surface area contributed by atoms with Gasteiger partial charge in [0, 0.05) is 5.88 Å². The molecule has 0 N–H and O–H groups in total. The van der Waals surface area contributed by atoms with Crippen LogP contribution in [-0.2, 0) is 42.7 Å². The van der Waals surface area contributed by atoms with E-state index in [0.717, 1.165) is 0 Å². The molecule has 0 spiro atoms. The van der Waals surface area contributed by atoms with Crippen LogP contribution in [0.15, 0.2) is 0 Å². The Morgan fingerprint density at radius 1 is 0.556 bits per heavy atom. The molecule has 0 aromatic heterocycles. The number of ether oxygens (including phenoxy) is 8. The van der Waals surface area contributed by atoms with Gasteiger partial charge >= 0.3 is 5.97 Å². The molecule has 0 radical (unpaired) electrons. The smallest absolute Gasteiger partial charge is 0.331 e. The van der Waals surface area contributed by atoms with Crippen molar-refractivity contribution in [2.45, 2.75) is 0 Å². The van der Waals surface area contributed by atoms with Gasteiger partial charge in [-0.15, -0.1) is 11.6 Å². The Hall–Kier alpha value is -0.520. The molecule has 27 heavy (non-hydrogen) atoms. The Morgan fingerprint density at radius 3 is 1.15 bits per heavy atom. The molecule has 0 bridgehead atoms. The Kier molecular flexibility index (Phi) is 23.1. The molecule has 0 saturated heterocycles. The molecule has 9 nitrogen and oxygen atoms in total. The maximum atomic E-state index is 10.8. The van der Waals surface area contributed by atoms with Crippen LogP contribution < -0.4 is 0 Å². The molecule has 0 aromatic rings. The van der Waals surface area contributed by atoms with Gasteiger partial charge < -0.3 is 37.9 Å². The number of rotatable bonds is 22. The monoisotopic (exact) mass is 416 g/mol. The number of esters is 1. The van der Waals surface area contributed by atoms with E-state index in [1.54, 1.807) is 0 Å². The van der Waals surface area contributed by atoms with Crippen molar-refractivity contribution in [3.05, 3.63) is 0 Å². The normalized spacial score (nSPS) is 11.0. The first-order valence-electron chi connectivity index (χ1n) is 8.98. The first-order chi connectivity index (χ1) is 13.3. The third-order valence-electron chi connectivity index (χ3n) is 2.90. The molecule has 10 heteroatoms. The summed E-state index contributed by atoms with van der Waals surface area (Å²) < 4.78 is 41.3. The molecule has 162 valence electrons. The van der Waals surface area contributed by atoms with Crippen molar-refractivity contribution in [1.29, 1.82) is 0 Å². The highest BCUT2D eigenvalue weighted by Gasteiger charge is 1.99. The highest BCUT2D eigenvalue weighted by atomic mass is 35.5. The zero-order valence-corrected chi connectivity index (χ0v) is 16.9. The van der Waals surface area contributed by atoms with Gasteiger partial charge in [0.2, 0.25) is 0 Å².